The number of halogens is 4. The molecule has 0 unspecified atom stereocenters. The molecule has 3 aromatic rings. The first-order valence-electron chi connectivity index (χ1n) is 9.15. The SMILES string of the molecule is CCOc1ccc(-c2ccc(=O)n(CC(=O)Nc3cc(C(F)(F)F)ccc3Cl)n2)cc1. The van der Waals surface area contributed by atoms with Gasteiger partial charge in [0.2, 0.25) is 5.91 Å². The van der Waals surface area contributed by atoms with Crippen molar-refractivity contribution in [1.82, 2.24) is 9.78 Å². The second-order valence-corrected chi connectivity index (χ2v) is 6.82. The first kappa shape index (κ1) is 22.4. The highest BCUT2D eigenvalue weighted by Crippen LogP contribution is 2.33. The van der Waals surface area contributed by atoms with Crippen LogP contribution in [0.1, 0.15) is 12.5 Å². The van der Waals surface area contributed by atoms with Crippen molar-refractivity contribution in [3.05, 3.63) is 75.5 Å². The lowest BCUT2D eigenvalue weighted by molar-refractivity contribution is -0.137. The molecule has 0 atom stereocenters. The minimum Gasteiger partial charge on any atom is -0.494 e. The van der Waals surface area contributed by atoms with Crippen LogP contribution in [-0.4, -0.2) is 22.3 Å². The van der Waals surface area contributed by atoms with Crippen LogP contribution in [0.3, 0.4) is 0 Å². The molecule has 2 aromatic carbocycles. The van der Waals surface area contributed by atoms with Crippen LogP contribution in [0.5, 0.6) is 5.75 Å². The van der Waals surface area contributed by atoms with E-state index < -0.39 is 29.8 Å². The summed E-state index contributed by atoms with van der Waals surface area (Å²) in [5.74, 6) is -0.0726. The van der Waals surface area contributed by atoms with E-state index >= 15 is 0 Å². The predicted molar refractivity (Wildman–Crippen MR) is 110 cm³/mol. The number of hydrogen-bond acceptors (Lipinski definition) is 4. The van der Waals surface area contributed by atoms with Gasteiger partial charge in [0.1, 0.15) is 12.3 Å². The van der Waals surface area contributed by atoms with E-state index in [-0.39, 0.29) is 10.7 Å². The number of anilines is 1. The molecule has 0 saturated heterocycles. The molecule has 6 nitrogen and oxygen atoms in total. The van der Waals surface area contributed by atoms with Crippen molar-refractivity contribution in [3.8, 4) is 17.0 Å². The molecule has 0 saturated carbocycles. The second kappa shape index (κ2) is 9.22. The number of ether oxygens (including phenoxy) is 1. The van der Waals surface area contributed by atoms with Gasteiger partial charge in [0.05, 0.1) is 28.6 Å². The van der Waals surface area contributed by atoms with Crippen molar-refractivity contribution in [2.75, 3.05) is 11.9 Å². The van der Waals surface area contributed by atoms with Crippen LogP contribution in [0, 0.1) is 0 Å². The van der Waals surface area contributed by atoms with Crippen molar-refractivity contribution in [2.45, 2.75) is 19.6 Å². The summed E-state index contributed by atoms with van der Waals surface area (Å²) in [6.45, 7) is 1.88. The van der Waals surface area contributed by atoms with Gasteiger partial charge in [-0.2, -0.15) is 18.3 Å². The maximum absolute atomic E-state index is 12.9. The first-order chi connectivity index (χ1) is 14.7. The zero-order valence-electron chi connectivity index (χ0n) is 16.2. The summed E-state index contributed by atoms with van der Waals surface area (Å²) in [6.07, 6.45) is -4.59. The molecule has 0 spiro atoms. The van der Waals surface area contributed by atoms with Crippen LogP contribution in [0.2, 0.25) is 5.02 Å². The van der Waals surface area contributed by atoms with Crippen molar-refractivity contribution in [2.24, 2.45) is 0 Å². The van der Waals surface area contributed by atoms with Crippen molar-refractivity contribution >= 4 is 23.2 Å². The molecule has 1 heterocycles. The van der Waals surface area contributed by atoms with Crippen LogP contribution in [-0.2, 0) is 17.5 Å². The van der Waals surface area contributed by atoms with Gasteiger partial charge in [0.25, 0.3) is 5.56 Å². The minimum atomic E-state index is -4.59. The van der Waals surface area contributed by atoms with Gasteiger partial charge >= 0.3 is 6.18 Å². The number of nitrogens with zero attached hydrogens (tertiary/aromatic N) is 2. The van der Waals surface area contributed by atoms with Gasteiger partial charge in [-0.15, -0.1) is 0 Å². The maximum atomic E-state index is 12.9. The Morgan fingerprint density at radius 1 is 1.13 bits per heavy atom. The summed E-state index contributed by atoms with van der Waals surface area (Å²) in [6, 6.07) is 12.3. The Hall–Kier alpha value is -3.33. The number of carbonyl (C=O) groups excluding carboxylic acids is 1. The Balaban J connectivity index is 1.79. The third-order valence-corrected chi connectivity index (χ3v) is 4.52. The fraction of sp³-hybridized carbons (Fsp3) is 0.190. The Kier molecular flexibility index (Phi) is 6.65. The van der Waals surface area contributed by atoms with E-state index in [1.54, 1.807) is 24.3 Å². The molecule has 3 rings (SSSR count). The van der Waals surface area contributed by atoms with Crippen molar-refractivity contribution in [3.63, 3.8) is 0 Å². The van der Waals surface area contributed by atoms with E-state index in [0.29, 0.717) is 23.6 Å². The Morgan fingerprint density at radius 3 is 2.48 bits per heavy atom. The molecule has 0 aliphatic heterocycles. The zero-order valence-corrected chi connectivity index (χ0v) is 17.0. The molecule has 0 bridgehead atoms. The van der Waals surface area contributed by atoms with Gasteiger partial charge in [-0.05, 0) is 55.5 Å². The third kappa shape index (κ3) is 5.64. The van der Waals surface area contributed by atoms with Gasteiger partial charge < -0.3 is 10.1 Å². The molecular formula is C21H17ClF3N3O3. The highest BCUT2D eigenvalue weighted by atomic mass is 35.5. The van der Waals surface area contributed by atoms with Gasteiger partial charge in [0.15, 0.2) is 0 Å². The number of rotatable bonds is 6. The van der Waals surface area contributed by atoms with Crippen molar-refractivity contribution < 1.29 is 22.7 Å². The smallest absolute Gasteiger partial charge is 0.416 e. The summed E-state index contributed by atoms with van der Waals surface area (Å²) in [4.78, 5) is 24.5. The van der Waals surface area contributed by atoms with Crippen LogP contribution in [0.15, 0.2) is 59.4 Å². The van der Waals surface area contributed by atoms with Crippen molar-refractivity contribution in [1.29, 1.82) is 0 Å². The fourth-order valence-electron chi connectivity index (χ4n) is 2.73. The Morgan fingerprint density at radius 2 is 1.84 bits per heavy atom. The van der Waals surface area contributed by atoms with E-state index in [4.69, 9.17) is 16.3 Å². The maximum Gasteiger partial charge on any atom is 0.416 e. The van der Waals surface area contributed by atoms with Gasteiger partial charge in [-0.25, -0.2) is 4.68 Å². The topological polar surface area (TPSA) is 73.2 Å². The molecule has 31 heavy (non-hydrogen) atoms. The highest BCUT2D eigenvalue weighted by molar-refractivity contribution is 6.33. The number of amides is 1. The number of carbonyl (C=O) groups is 1. The van der Waals surface area contributed by atoms with E-state index in [1.165, 1.54) is 12.1 Å². The van der Waals surface area contributed by atoms with Crippen LogP contribution >= 0.6 is 11.6 Å². The number of nitrogens with one attached hydrogen (secondary N) is 1. The molecule has 10 heteroatoms. The lowest BCUT2D eigenvalue weighted by atomic mass is 10.1. The first-order valence-corrected chi connectivity index (χ1v) is 9.53. The molecule has 162 valence electrons. The molecule has 0 radical (unpaired) electrons. The monoisotopic (exact) mass is 451 g/mol. The number of benzene rings is 2. The lowest BCUT2D eigenvalue weighted by Gasteiger charge is -2.12. The molecule has 0 fully saturated rings. The normalized spacial score (nSPS) is 11.3. The summed E-state index contributed by atoms with van der Waals surface area (Å²) in [5, 5.41) is 6.40. The van der Waals surface area contributed by atoms with Crippen LogP contribution < -0.4 is 15.6 Å². The Bertz CT molecular complexity index is 1150. The minimum absolute atomic E-state index is 0.0650. The molecule has 0 aliphatic carbocycles. The summed E-state index contributed by atoms with van der Waals surface area (Å²) >= 11 is 5.89. The van der Waals surface area contributed by atoms with E-state index in [2.05, 4.69) is 10.4 Å². The summed E-state index contributed by atoms with van der Waals surface area (Å²) in [7, 11) is 0. The van der Waals surface area contributed by atoms with E-state index in [9.17, 15) is 22.8 Å². The van der Waals surface area contributed by atoms with Gasteiger partial charge in [0, 0.05) is 11.6 Å². The summed E-state index contributed by atoms with van der Waals surface area (Å²) in [5.41, 5.74) is -0.580. The Labute approximate surface area is 180 Å². The number of hydrogen-bond donors (Lipinski definition) is 1. The predicted octanol–water partition coefficient (Wildman–Crippen LogP) is 4.62. The average molecular weight is 452 g/mol. The number of aromatic nitrogens is 2. The highest BCUT2D eigenvalue weighted by Gasteiger charge is 2.31. The van der Waals surface area contributed by atoms with Crippen LogP contribution in [0.25, 0.3) is 11.3 Å². The molecule has 1 amide bonds. The average Bonchev–Trinajstić information content (AvgIpc) is 2.71. The molecule has 0 aliphatic rings. The number of alkyl halides is 3. The quantitative estimate of drug-likeness (QED) is 0.593. The van der Waals surface area contributed by atoms with Crippen LogP contribution in [0.4, 0.5) is 18.9 Å². The van der Waals surface area contributed by atoms with E-state index in [0.717, 1.165) is 22.9 Å². The third-order valence-electron chi connectivity index (χ3n) is 4.19. The fourth-order valence-corrected chi connectivity index (χ4v) is 2.89. The van der Waals surface area contributed by atoms with Gasteiger partial charge in [-0.1, -0.05) is 11.6 Å². The lowest BCUT2D eigenvalue weighted by Crippen LogP contribution is -2.29. The largest absolute Gasteiger partial charge is 0.494 e. The second-order valence-electron chi connectivity index (χ2n) is 6.41. The standard InChI is InChI=1S/C21H17ClF3N3O3/c1-2-31-15-6-3-13(4-7-15)17-9-10-20(30)28(27-17)12-19(29)26-18-11-14(21(23,24)25)5-8-16(18)22/h3-11H,2,12H2,1H3,(H,26,29). The molecule has 1 N–H and O–H groups in total. The van der Waals surface area contributed by atoms with E-state index in [1.807, 2.05) is 6.92 Å². The summed E-state index contributed by atoms with van der Waals surface area (Å²) < 4.78 is 45.0. The van der Waals surface area contributed by atoms with Gasteiger partial charge in [-0.3, -0.25) is 9.59 Å². The molecular weight excluding hydrogens is 435 g/mol. The molecule has 1 aromatic heterocycles. The zero-order chi connectivity index (χ0) is 22.6.